The highest BCUT2D eigenvalue weighted by Gasteiger charge is 2.00. The number of rotatable bonds is 2. The molecule has 3 heteroatoms. The van der Waals surface area contributed by atoms with E-state index in [0.717, 1.165) is 11.3 Å². The average Bonchev–Trinajstić information content (AvgIpc) is 2.04. The van der Waals surface area contributed by atoms with Gasteiger partial charge in [-0.25, -0.2) is 0 Å². The van der Waals surface area contributed by atoms with Crippen molar-refractivity contribution in [2.24, 2.45) is 5.73 Å². The van der Waals surface area contributed by atoms with Crippen LogP contribution in [0.1, 0.15) is 5.56 Å². The maximum atomic E-state index is 5.69. The second-order valence-corrected chi connectivity index (χ2v) is 2.46. The summed E-state index contributed by atoms with van der Waals surface area (Å²) in [7, 11) is 1.59. The Kier molecular flexibility index (Phi) is 2.74. The molecule has 0 aliphatic rings. The largest absolute Gasteiger partial charge is 0.496 e. The molecule has 0 aromatic heterocycles. The molecule has 0 fully saturated rings. The van der Waals surface area contributed by atoms with Crippen LogP contribution in [-0.4, -0.2) is 7.11 Å². The van der Waals surface area contributed by atoms with Gasteiger partial charge in [-0.1, -0.05) is 11.6 Å². The van der Waals surface area contributed by atoms with Gasteiger partial charge in [-0.15, -0.1) is 0 Å². The van der Waals surface area contributed by atoms with E-state index in [1.54, 1.807) is 19.2 Å². The lowest BCUT2D eigenvalue weighted by Gasteiger charge is -2.04. The van der Waals surface area contributed by atoms with E-state index >= 15 is 0 Å². The molecule has 0 saturated heterocycles. The van der Waals surface area contributed by atoms with Crippen LogP contribution in [0.25, 0.3) is 0 Å². The molecule has 11 heavy (non-hydrogen) atoms. The van der Waals surface area contributed by atoms with Crippen molar-refractivity contribution in [1.82, 2.24) is 0 Å². The van der Waals surface area contributed by atoms with E-state index < -0.39 is 0 Å². The summed E-state index contributed by atoms with van der Waals surface area (Å²) in [5, 5.41) is 0.561. The van der Waals surface area contributed by atoms with E-state index in [4.69, 9.17) is 22.1 Å². The zero-order valence-electron chi connectivity index (χ0n) is 6.23. The molecule has 0 aliphatic carbocycles. The highest BCUT2D eigenvalue weighted by atomic mass is 35.5. The molecular weight excluding hydrogens is 162 g/mol. The molecule has 0 spiro atoms. The van der Waals surface area contributed by atoms with Crippen LogP contribution in [0.3, 0.4) is 0 Å². The van der Waals surface area contributed by atoms with Gasteiger partial charge in [0.15, 0.2) is 0 Å². The maximum absolute atomic E-state index is 5.69. The lowest BCUT2D eigenvalue weighted by atomic mass is 10.2. The van der Waals surface area contributed by atoms with Gasteiger partial charge in [-0.2, -0.15) is 0 Å². The topological polar surface area (TPSA) is 35.2 Å². The fourth-order valence-corrected chi connectivity index (χ4v) is 1.02. The van der Waals surface area contributed by atoms with Gasteiger partial charge in [0, 0.05) is 23.2 Å². The molecule has 1 aromatic rings. The molecule has 2 N–H and O–H groups in total. The van der Waals surface area contributed by atoms with Gasteiger partial charge < -0.3 is 10.5 Å². The SMILES string of the molecule is COc1ccc(Cl)[c]c1CN. The van der Waals surface area contributed by atoms with Crippen LogP contribution in [0.15, 0.2) is 12.1 Å². The second kappa shape index (κ2) is 3.60. The number of hydrogen-bond acceptors (Lipinski definition) is 2. The van der Waals surface area contributed by atoms with Crippen LogP contribution < -0.4 is 10.5 Å². The minimum Gasteiger partial charge on any atom is -0.496 e. The molecule has 0 unspecified atom stereocenters. The van der Waals surface area contributed by atoms with Crippen LogP contribution in [0.5, 0.6) is 5.75 Å². The Bertz CT molecular complexity index is 250. The van der Waals surface area contributed by atoms with Gasteiger partial charge in [0.1, 0.15) is 5.75 Å². The number of hydrogen-bond donors (Lipinski definition) is 1. The van der Waals surface area contributed by atoms with Gasteiger partial charge in [0.25, 0.3) is 0 Å². The van der Waals surface area contributed by atoms with Crippen molar-refractivity contribution in [3.63, 3.8) is 0 Å². The molecular formula is C8H9ClNO. The molecule has 59 valence electrons. The molecule has 0 atom stereocenters. The summed E-state index contributed by atoms with van der Waals surface area (Å²) in [5.74, 6) is 0.733. The molecule has 0 heterocycles. The first kappa shape index (κ1) is 8.37. The Balaban J connectivity index is 3.06. The predicted molar refractivity (Wildman–Crippen MR) is 44.7 cm³/mol. The van der Waals surface area contributed by atoms with Crippen molar-refractivity contribution in [2.75, 3.05) is 7.11 Å². The molecule has 0 amide bonds. The van der Waals surface area contributed by atoms with Crippen LogP contribution in [0, 0.1) is 6.07 Å². The molecule has 2 nitrogen and oxygen atoms in total. The Morgan fingerprint density at radius 2 is 2.36 bits per heavy atom. The minimum absolute atomic E-state index is 0.393. The number of nitrogens with two attached hydrogens (primary N) is 1. The predicted octanol–water partition coefficient (Wildman–Crippen LogP) is 1.61. The maximum Gasteiger partial charge on any atom is 0.124 e. The third-order valence-electron chi connectivity index (χ3n) is 1.37. The molecule has 1 aromatic carbocycles. The van der Waals surface area contributed by atoms with Gasteiger partial charge >= 0.3 is 0 Å². The highest BCUT2D eigenvalue weighted by Crippen LogP contribution is 2.20. The highest BCUT2D eigenvalue weighted by molar-refractivity contribution is 6.30. The van der Waals surface area contributed by atoms with Gasteiger partial charge in [0.2, 0.25) is 0 Å². The Morgan fingerprint density at radius 1 is 1.64 bits per heavy atom. The standard InChI is InChI=1S/C8H9ClNO/c1-11-8-3-2-7(9)4-6(8)5-10/h2-3H,5,10H2,1H3. The van der Waals surface area contributed by atoms with Crippen LogP contribution in [-0.2, 0) is 6.54 Å². The third-order valence-corrected chi connectivity index (χ3v) is 1.59. The Morgan fingerprint density at radius 3 is 2.91 bits per heavy atom. The van der Waals surface area contributed by atoms with Gasteiger partial charge in [-0.05, 0) is 12.1 Å². The second-order valence-electron chi connectivity index (χ2n) is 2.06. The molecule has 0 aliphatic heterocycles. The molecule has 0 saturated carbocycles. The van der Waals surface area contributed by atoms with Crippen molar-refractivity contribution < 1.29 is 4.74 Å². The van der Waals surface area contributed by atoms with Crippen molar-refractivity contribution in [2.45, 2.75) is 6.54 Å². The zero-order valence-corrected chi connectivity index (χ0v) is 6.98. The minimum atomic E-state index is 0.393. The Labute approximate surface area is 70.9 Å². The fraction of sp³-hybridized carbons (Fsp3) is 0.250. The molecule has 1 radical (unpaired) electrons. The number of methoxy groups -OCH3 is 1. The lowest BCUT2D eigenvalue weighted by Crippen LogP contribution is -1.99. The van der Waals surface area contributed by atoms with E-state index in [0.29, 0.717) is 11.6 Å². The first-order chi connectivity index (χ1) is 5.27. The van der Waals surface area contributed by atoms with Crippen molar-refractivity contribution in [3.05, 3.63) is 28.8 Å². The lowest BCUT2D eigenvalue weighted by molar-refractivity contribution is 0.409. The summed E-state index contributed by atoms with van der Waals surface area (Å²) in [6, 6.07) is 6.39. The third kappa shape index (κ3) is 1.85. The monoisotopic (exact) mass is 170 g/mol. The van der Waals surface area contributed by atoms with Crippen molar-refractivity contribution in [1.29, 1.82) is 0 Å². The van der Waals surface area contributed by atoms with Crippen molar-refractivity contribution in [3.8, 4) is 5.75 Å². The molecule has 1 rings (SSSR count). The smallest absolute Gasteiger partial charge is 0.124 e. The summed E-state index contributed by atoms with van der Waals surface area (Å²) in [4.78, 5) is 0. The Hall–Kier alpha value is -0.730. The van der Waals surface area contributed by atoms with E-state index in [1.807, 2.05) is 0 Å². The number of ether oxygens (including phenoxy) is 1. The summed E-state index contributed by atoms with van der Waals surface area (Å²) >= 11 is 5.69. The van der Waals surface area contributed by atoms with Crippen LogP contribution >= 0.6 is 11.6 Å². The first-order valence-corrected chi connectivity index (χ1v) is 3.60. The normalized spacial score (nSPS) is 9.73. The summed E-state index contributed by atoms with van der Waals surface area (Å²) < 4.78 is 5.02. The quantitative estimate of drug-likeness (QED) is 0.732. The van der Waals surface area contributed by atoms with E-state index in [2.05, 4.69) is 6.07 Å². The zero-order chi connectivity index (χ0) is 8.27. The average molecular weight is 171 g/mol. The van der Waals surface area contributed by atoms with Crippen molar-refractivity contribution >= 4 is 11.6 Å². The van der Waals surface area contributed by atoms with Crippen LogP contribution in [0.2, 0.25) is 5.02 Å². The fourth-order valence-electron chi connectivity index (χ4n) is 0.840. The summed E-state index contributed by atoms with van der Waals surface area (Å²) in [5.41, 5.74) is 6.23. The summed E-state index contributed by atoms with van der Waals surface area (Å²) in [6.07, 6.45) is 0. The summed E-state index contributed by atoms with van der Waals surface area (Å²) in [6.45, 7) is 0.393. The van der Waals surface area contributed by atoms with E-state index in [1.165, 1.54) is 0 Å². The van der Waals surface area contributed by atoms with Crippen LogP contribution in [0.4, 0.5) is 0 Å². The number of benzene rings is 1. The molecule has 0 bridgehead atoms. The van der Waals surface area contributed by atoms with E-state index in [9.17, 15) is 0 Å². The van der Waals surface area contributed by atoms with Gasteiger partial charge in [-0.3, -0.25) is 0 Å². The number of halogens is 1. The first-order valence-electron chi connectivity index (χ1n) is 3.22. The van der Waals surface area contributed by atoms with E-state index in [-0.39, 0.29) is 0 Å². The van der Waals surface area contributed by atoms with Gasteiger partial charge in [0.05, 0.1) is 7.11 Å².